The lowest BCUT2D eigenvalue weighted by Crippen LogP contribution is -2.21. The number of hydrogen-bond donors (Lipinski definition) is 1. The average Bonchev–Trinajstić information content (AvgIpc) is 2.74. The van der Waals surface area contributed by atoms with E-state index in [0.29, 0.717) is 32.6 Å². The zero-order valence-corrected chi connectivity index (χ0v) is 17.4. The molecule has 0 saturated heterocycles. The molecule has 0 aliphatic carbocycles. The van der Waals surface area contributed by atoms with Crippen LogP contribution in [0.5, 0.6) is 5.75 Å². The number of pyridine rings is 1. The Morgan fingerprint density at radius 3 is 2.63 bits per heavy atom. The molecule has 4 nitrogen and oxygen atoms in total. The topological polar surface area (TPSA) is 71.9 Å². The van der Waals surface area contributed by atoms with E-state index in [4.69, 9.17) is 33.7 Å². The summed E-state index contributed by atoms with van der Waals surface area (Å²) in [5.74, 6) is 0.233. The highest BCUT2D eigenvalue weighted by atomic mass is 35.5. The molecule has 146 valence electrons. The molecule has 6 heteroatoms. The van der Waals surface area contributed by atoms with Gasteiger partial charge in [-0.05, 0) is 36.1 Å². The first kappa shape index (κ1) is 18.7. The van der Waals surface area contributed by atoms with Gasteiger partial charge >= 0.3 is 0 Å². The van der Waals surface area contributed by atoms with Crippen molar-refractivity contribution in [2.24, 2.45) is 5.73 Å². The second-order valence-electron chi connectivity index (χ2n) is 7.29. The molecular weight excluding hydrogens is 417 g/mol. The predicted molar refractivity (Wildman–Crippen MR) is 120 cm³/mol. The Kier molecular flexibility index (Phi) is 4.32. The van der Waals surface area contributed by atoms with Gasteiger partial charge in [0.15, 0.2) is 0 Å². The van der Waals surface area contributed by atoms with E-state index in [9.17, 15) is 5.26 Å². The summed E-state index contributed by atoms with van der Waals surface area (Å²) in [5, 5.41) is 13.6. The highest BCUT2D eigenvalue weighted by Gasteiger charge is 2.33. The summed E-state index contributed by atoms with van der Waals surface area (Å²) in [6.45, 7) is 1.94. The second-order valence-corrected chi connectivity index (χ2v) is 8.06. The maximum absolute atomic E-state index is 9.87. The van der Waals surface area contributed by atoms with Gasteiger partial charge in [-0.1, -0.05) is 59.6 Å². The van der Waals surface area contributed by atoms with Crippen LogP contribution in [0.25, 0.3) is 21.7 Å². The highest BCUT2D eigenvalue weighted by molar-refractivity contribution is 6.32. The van der Waals surface area contributed by atoms with Gasteiger partial charge in [-0.2, -0.15) is 5.26 Å². The summed E-state index contributed by atoms with van der Waals surface area (Å²) in [5.41, 5.74) is 9.65. The Morgan fingerprint density at radius 1 is 1.03 bits per heavy atom. The first-order chi connectivity index (χ1) is 14.5. The van der Waals surface area contributed by atoms with Crippen molar-refractivity contribution in [3.63, 3.8) is 0 Å². The number of benzene rings is 3. The van der Waals surface area contributed by atoms with Crippen LogP contribution < -0.4 is 10.5 Å². The van der Waals surface area contributed by atoms with Crippen LogP contribution in [0, 0.1) is 18.3 Å². The number of fused-ring (bicyclic) bond motifs is 4. The number of hydrogen-bond acceptors (Lipinski definition) is 4. The maximum Gasteiger partial charge on any atom is 0.205 e. The van der Waals surface area contributed by atoms with Crippen LogP contribution in [0.1, 0.15) is 22.6 Å². The monoisotopic (exact) mass is 431 g/mol. The number of ether oxygens (including phenoxy) is 1. The fraction of sp³-hybridized carbons (Fsp3) is 0.0833. The molecule has 1 unspecified atom stereocenters. The summed E-state index contributed by atoms with van der Waals surface area (Å²) in [7, 11) is 0. The number of rotatable bonds is 1. The summed E-state index contributed by atoms with van der Waals surface area (Å²) in [6, 6.07) is 19.8. The molecule has 4 aromatic rings. The van der Waals surface area contributed by atoms with Crippen molar-refractivity contribution in [1.82, 2.24) is 4.98 Å². The summed E-state index contributed by atoms with van der Waals surface area (Å²) in [4.78, 5) is 4.55. The van der Waals surface area contributed by atoms with E-state index in [1.165, 1.54) is 0 Å². The Morgan fingerprint density at radius 2 is 1.83 bits per heavy atom. The van der Waals surface area contributed by atoms with Gasteiger partial charge in [0.05, 0.1) is 11.4 Å². The molecule has 1 aliphatic heterocycles. The number of nitrogens with two attached hydrogens (primary N) is 1. The van der Waals surface area contributed by atoms with Gasteiger partial charge in [-0.15, -0.1) is 0 Å². The summed E-state index contributed by atoms with van der Waals surface area (Å²) < 4.78 is 5.92. The number of halogens is 2. The zero-order valence-electron chi connectivity index (χ0n) is 15.9. The standard InChI is InChI=1S/C24H15Cl2N3O/c1-12-8-14-9-17(23(26)29-20(14)10-19(12)25)21-16-7-6-13-4-2-3-5-15(13)22(16)30-24(28)18(21)11-27/h2-10,21H,28H2,1H3. The molecule has 0 amide bonds. The number of aryl methyl sites for hydroxylation is 1. The Hall–Kier alpha value is -3.26. The van der Waals surface area contributed by atoms with Crippen molar-refractivity contribution in [2.45, 2.75) is 12.8 Å². The third-order valence-electron chi connectivity index (χ3n) is 5.49. The fourth-order valence-electron chi connectivity index (χ4n) is 4.01. The molecule has 2 heterocycles. The molecule has 0 bridgehead atoms. The lowest BCUT2D eigenvalue weighted by atomic mass is 9.82. The molecule has 2 N–H and O–H groups in total. The van der Waals surface area contributed by atoms with Crippen molar-refractivity contribution in [1.29, 1.82) is 5.26 Å². The molecule has 5 rings (SSSR count). The number of nitrogens with zero attached hydrogens (tertiary/aromatic N) is 2. The minimum atomic E-state index is -0.483. The van der Waals surface area contributed by atoms with E-state index >= 15 is 0 Å². The van der Waals surface area contributed by atoms with Gasteiger partial charge in [0.25, 0.3) is 0 Å². The van der Waals surface area contributed by atoms with Crippen LogP contribution in [-0.4, -0.2) is 4.98 Å². The molecule has 1 aliphatic rings. The molecule has 3 aromatic carbocycles. The Labute approximate surface area is 183 Å². The van der Waals surface area contributed by atoms with E-state index in [1.807, 2.05) is 55.5 Å². The minimum absolute atomic E-state index is 0.0785. The van der Waals surface area contributed by atoms with Gasteiger partial charge in [0.1, 0.15) is 22.5 Å². The van der Waals surface area contributed by atoms with Gasteiger partial charge in [-0.25, -0.2) is 4.98 Å². The molecule has 0 fully saturated rings. The predicted octanol–water partition coefficient (Wildman–Crippen LogP) is 6.22. The van der Waals surface area contributed by atoms with Crippen molar-refractivity contribution in [3.05, 3.63) is 92.9 Å². The SMILES string of the molecule is Cc1cc2cc(C3C(C#N)=C(N)Oc4c3ccc3ccccc43)c(Cl)nc2cc1Cl. The number of nitriles is 1. The lowest BCUT2D eigenvalue weighted by molar-refractivity contribution is 0.398. The molecular formula is C24H15Cl2N3O. The van der Waals surface area contributed by atoms with Gasteiger partial charge in [0.2, 0.25) is 5.88 Å². The number of aromatic nitrogens is 1. The van der Waals surface area contributed by atoms with Gasteiger partial charge in [0, 0.05) is 26.9 Å². The molecule has 30 heavy (non-hydrogen) atoms. The van der Waals surface area contributed by atoms with Crippen LogP contribution in [0.15, 0.2) is 66.1 Å². The number of allylic oxidation sites excluding steroid dienone is 1. The van der Waals surface area contributed by atoms with Crippen molar-refractivity contribution in [2.75, 3.05) is 0 Å². The van der Waals surface area contributed by atoms with Crippen molar-refractivity contribution in [3.8, 4) is 11.8 Å². The molecule has 0 saturated carbocycles. The summed E-state index contributed by atoms with van der Waals surface area (Å²) >= 11 is 12.9. The van der Waals surface area contributed by atoms with E-state index in [2.05, 4.69) is 11.1 Å². The van der Waals surface area contributed by atoms with Crippen LogP contribution in [0.4, 0.5) is 0 Å². The van der Waals surface area contributed by atoms with E-state index in [0.717, 1.165) is 27.3 Å². The third-order valence-corrected chi connectivity index (χ3v) is 6.20. The molecule has 1 aromatic heterocycles. The van der Waals surface area contributed by atoms with Crippen LogP contribution in [0.2, 0.25) is 10.2 Å². The summed E-state index contributed by atoms with van der Waals surface area (Å²) in [6.07, 6.45) is 0. The van der Waals surface area contributed by atoms with E-state index in [-0.39, 0.29) is 5.88 Å². The smallest absolute Gasteiger partial charge is 0.205 e. The maximum atomic E-state index is 9.87. The molecule has 0 radical (unpaired) electrons. The van der Waals surface area contributed by atoms with Crippen molar-refractivity contribution < 1.29 is 4.74 Å². The molecule has 1 atom stereocenters. The van der Waals surface area contributed by atoms with Crippen LogP contribution in [-0.2, 0) is 0 Å². The molecule has 0 spiro atoms. The average molecular weight is 432 g/mol. The second kappa shape index (κ2) is 6.91. The van der Waals surface area contributed by atoms with E-state index < -0.39 is 5.92 Å². The van der Waals surface area contributed by atoms with Crippen molar-refractivity contribution >= 4 is 44.9 Å². The lowest BCUT2D eigenvalue weighted by Gasteiger charge is -2.28. The first-order valence-corrected chi connectivity index (χ1v) is 10.1. The van der Waals surface area contributed by atoms with Gasteiger partial charge in [-0.3, -0.25) is 0 Å². The fourth-order valence-corrected chi connectivity index (χ4v) is 4.42. The zero-order chi connectivity index (χ0) is 21.0. The van der Waals surface area contributed by atoms with Gasteiger partial charge < -0.3 is 10.5 Å². The van der Waals surface area contributed by atoms with Crippen LogP contribution >= 0.6 is 23.2 Å². The third kappa shape index (κ3) is 2.79. The largest absolute Gasteiger partial charge is 0.440 e. The normalized spacial score (nSPS) is 15.7. The highest BCUT2D eigenvalue weighted by Crippen LogP contribution is 2.47. The van der Waals surface area contributed by atoms with E-state index in [1.54, 1.807) is 6.07 Å². The minimum Gasteiger partial charge on any atom is -0.440 e. The Bertz CT molecular complexity index is 1440. The Balaban J connectivity index is 1.82. The first-order valence-electron chi connectivity index (χ1n) is 9.33. The quantitative estimate of drug-likeness (QED) is 0.363. The van der Waals surface area contributed by atoms with Crippen LogP contribution in [0.3, 0.4) is 0 Å².